The van der Waals surface area contributed by atoms with Crippen LogP contribution >= 0.6 is 0 Å². The lowest BCUT2D eigenvalue weighted by molar-refractivity contribution is -0.149. The molecule has 0 radical (unpaired) electrons. The van der Waals surface area contributed by atoms with Gasteiger partial charge in [0.15, 0.2) is 0 Å². The van der Waals surface area contributed by atoms with E-state index in [1.54, 1.807) is 0 Å². The first-order valence-corrected chi connectivity index (χ1v) is 13.1. The van der Waals surface area contributed by atoms with E-state index in [9.17, 15) is 4.79 Å². The molecule has 0 amide bonds. The summed E-state index contributed by atoms with van der Waals surface area (Å²) in [5.74, 6) is -0.114. The summed E-state index contributed by atoms with van der Waals surface area (Å²) in [6, 6.07) is 0. The Kier molecular flexibility index (Phi) is 25.1. The summed E-state index contributed by atoms with van der Waals surface area (Å²) < 4.78 is 22.1. The van der Waals surface area contributed by atoms with Gasteiger partial charge in [0.25, 0.3) is 0 Å². The Hall–Kier alpha value is -0.650. The Bertz CT molecular complexity index is 362. The average molecular weight is 445 g/mol. The largest absolute Gasteiger partial charge is 0.463 e. The quantitative estimate of drug-likeness (QED) is 0.114. The summed E-state index contributed by atoms with van der Waals surface area (Å²) in [6.07, 6.45) is 17.5. The number of carbonyl (C=O) groups is 1. The predicted octanol–water partition coefficient (Wildman–Crippen LogP) is 6.86. The van der Waals surface area contributed by atoms with Crippen LogP contribution in [0.5, 0.6) is 0 Å². The van der Waals surface area contributed by atoms with Crippen molar-refractivity contribution in [3.8, 4) is 0 Å². The van der Waals surface area contributed by atoms with Crippen molar-refractivity contribution < 1.29 is 23.7 Å². The van der Waals surface area contributed by atoms with Crippen molar-refractivity contribution in [3.63, 3.8) is 0 Å². The molecule has 0 N–H and O–H groups in total. The minimum atomic E-state index is -0.114. The van der Waals surface area contributed by atoms with Crippen LogP contribution in [0.2, 0.25) is 0 Å². The van der Waals surface area contributed by atoms with Gasteiger partial charge < -0.3 is 18.9 Å². The minimum absolute atomic E-state index is 0.0245. The van der Waals surface area contributed by atoms with Crippen molar-refractivity contribution in [3.05, 3.63) is 0 Å². The van der Waals surface area contributed by atoms with E-state index in [1.807, 2.05) is 6.92 Å². The molecule has 5 nitrogen and oxygen atoms in total. The second-order valence-electron chi connectivity index (χ2n) is 8.57. The molecule has 0 aromatic carbocycles. The van der Waals surface area contributed by atoms with Gasteiger partial charge in [-0.05, 0) is 32.6 Å². The summed E-state index contributed by atoms with van der Waals surface area (Å²) in [5, 5.41) is 0. The Balaban J connectivity index is 3.20. The highest BCUT2D eigenvalue weighted by atomic mass is 16.5. The maximum Gasteiger partial charge on any atom is 0.306 e. The maximum absolute atomic E-state index is 11.8. The molecule has 0 aliphatic carbocycles. The zero-order chi connectivity index (χ0) is 22.8. The molecule has 186 valence electrons. The summed E-state index contributed by atoms with van der Waals surface area (Å²) in [4.78, 5) is 11.8. The minimum Gasteiger partial charge on any atom is -0.463 e. The lowest BCUT2D eigenvalue weighted by atomic mass is 10.1. The van der Waals surface area contributed by atoms with Crippen molar-refractivity contribution in [1.82, 2.24) is 0 Å². The highest BCUT2D eigenvalue weighted by molar-refractivity contribution is 5.69. The number of hydrogen-bond donors (Lipinski definition) is 0. The topological polar surface area (TPSA) is 54.0 Å². The van der Waals surface area contributed by atoms with Gasteiger partial charge in [0.1, 0.15) is 0 Å². The summed E-state index contributed by atoms with van der Waals surface area (Å²) in [7, 11) is 0. The van der Waals surface area contributed by atoms with Crippen LogP contribution in [0.4, 0.5) is 0 Å². The Labute approximate surface area is 192 Å². The van der Waals surface area contributed by atoms with Gasteiger partial charge in [0, 0.05) is 19.6 Å². The summed E-state index contributed by atoms with van der Waals surface area (Å²) in [6.45, 7) is 10.2. The van der Waals surface area contributed by atoms with E-state index in [0.717, 1.165) is 25.9 Å². The number of hydrogen-bond acceptors (Lipinski definition) is 5. The van der Waals surface area contributed by atoms with Gasteiger partial charge in [0.05, 0.1) is 32.5 Å². The number of carbonyl (C=O) groups excluding carboxylic acids is 1. The van der Waals surface area contributed by atoms with E-state index in [4.69, 9.17) is 18.9 Å². The van der Waals surface area contributed by atoms with Gasteiger partial charge in [-0.15, -0.1) is 0 Å². The third-order valence-electron chi connectivity index (χ3n) is 5.35. The first-order chi connectivity index (χ1) is 15.2. The Morgan fingerprint density at radius 1 is 0.581 bits per heavy atom. The molecule has 0 bridgehead atoms. The van der Waals surface area contributed by atoms with Gasteiger partial charge in [-0.1, -0.05) is 78.1 Å². The van der Waals surface area contributed by atoms with E-state index in [0.29, 0.717) is 45.9 Å². The smallest absolute Gasteiger partial charge is 0.306 e. The monoisotopic (exact) mass is 444 g/mol. The first kappa shape index (κ1) is 30.4. The van der Waals surface area contributed by atoms with Crippen LogP contribution < -0.4 is 0 Å². The van der Waals surface area contributed by atoms with Gasteiger partial charge in [-0.25, -0.2) is 0 Å². The number of ether oxygens (including phenoxy) is 4. The lowest BCUT2D eigenvalue weighted by Gasteiger charge is -2.13. The van der Waals surface area contributed by atoms with E-state index in [1.165, 1.54) is 64.2 Å². The number of esters is 1. The molecular weight excluding hydrogens is 392 g/mol. The Morgan fingerprint density at radius 3 is 1.61 bits per heavy atom. The third-order valence-corrected chi connectivity index (χ3v) is 5.35. The van der Waals surface area contributed by atoms with Crippen molar-refractivity contribution in [2.45, 2.75) is 123 Å². The van der Waals surface area contributed by atoms with Gasteiger partial charge in [-0.2, -0.15) is 0 Å². The molecule has 0 aromatic heterocycles. The molecule has 31 heavy (non-hydrogen) atoms. The summed E-state index contributed by atoms with van der Waals surface area (Å²) >= 11 is 0. The number of rotatable bonds is 25. The standard InChI is InChI=1S/C26H52O5/c1-4-6-8-10-11-12-13-15-19-28-21-23-30-24-22-29-20-16-18-26(27)31-25(3)17-14-9-7-5-2/h25H,4-24H2,1-3H3. The molecule has 1 atom stereocenters. The fraction of sp³-hybridized carbons (Fsp3) is 0.962. The molecule has 0 heterocycles. The van der Waals surface area contributed by atoms with Crippen LogP contribution in [0.25, 0.3) is 0 Å². The van der Waals surface area contributed by atoms with E-state index >= 15 is 0 Å². The van der Waals surface area contributed by atoms with Crippen LogP contribution in [-0.4, -0.2) is 51.7 Å². The molecule has 0 saturated carbocycles. The van der Waals surface area contributed by atoms with E-state index in [2.05, 4.69) is 13.8 Å². The summed E-state index contributed by atoms with van der Waals surface area (Å²) in [5.41, 5.74) is 0. The molecule has 0 spiro atoms. The predicted molar refractivity (Wildman–Crippen MR) is 129 cm³/mol. The van der Waals surface area contributed by atoms with Gasteiger partial charge in [-0.3, -0.25) is 4.79 Å². The zero-order valence-electron chi connectivity index (χ0n) is 21.0. The van der Waals surface area contributed by atoms with E-state index in [-0.39, 0.29) is 12.1 Å². The zero-order valence-corrected chi connectivity index (χ0v) is 21.0. The van der Waals surface area contributed by atoms with Crippen molar-refractivity contribution in [1.29, 1.82) is 0 Å². The SMILES string of the molecule is CCCCCCCCCCOCCOCCOCCCC(=O)OC(C)CCCCCC. The van der Waals surface area contributed by atoms with Crippen LogP contribution in [0, 0.1) is 0 Å². The molecule has 0 fully saturated rings. The Morgan fingerprint density at radius 2 is 1.03 bits per heavy atom. The van der Waals surface area contributed by atoms with Crippen LogP contribution in [0.15, 0.2) is 0 Å². The van der Waals surface area contributed by atoms with Crippen molar-refractivity contribution in [2.24, 2.45) is 0 Å². The van der Waals surface area contributed by atoms with Gasteiger partial charge >= 0.3 is 5.97 Å². The normalized spacial score (nSPS) is 12.2. The maximum atomic E-state index is 11.8. The van der Waals surface area contributed by atoms with Crippen molar-refractivity contribution >= 4 is 5.97 Å². The average Bonchev–Trinajstić information content (AvgIpc) is 2.76. The third kappa shape index (κ3) is 25.5. The van der Waals surface area contributed by atoms with E-state index < -0.39 is 0 Å². The van der Waals surface area contributed by atoms with Crippen LogP contribution in [0.1, 0.15) is 117 Å². The highest BCUT2D eigenvalue weighted by Gasteiger charge is 2.09. The molecule has 0 saturated heterocycles. The molecule has 0 aliphatic rings. The molecule has 0 aromatic rings. The molecule has 1 unspecified atom stereocenters. The molecule has 0 rings (SSSR count). The molecule has 0 aliphatic heterocycles. The number of unbranched alkanes of at least 4 members (excludes halogenated alkanes) is 10. The van der Waals surface area contributed by atoms with Gasteiger partial charge in [0.2, 0.25) is 0 Å². The molecule has 5 heteroatoms. The fourth-order valence-corrected chi connectivity index (χ4v) is 3.40. The van der Waals surface area contributed by atoms with Crippen LogP contribution in [0.3, 0.4) is 0 Å². The second-order valence-corrected chi connectivity index (χ2v) is 8.57. The molecular formula is C26H52O5. The fourth-order valence-electron chi connectivity index (χ4n) is 3.40. The second kappa shape index (κ2) is 25.6. The van der Waals surface area contributed by atoms with Crippen LogP contribution in [-0.2, 0) is 23.7 Å². The highest BCUT2D eigenvalue weighted by Crippen LogP contribution is 2.09. The lowest BCUT2D eigenvalue weighted by Crippen LogP contribution is -2.15. The first-order valence-electron chi connectivity index (χ1n) is 13.1. The van der Waals surface area contributed by atoms with Crippen molar-refractivity contribution in [2.75, 3.05) is 39.6 Å².